The van der Waals surface area contributed by atoms with Gasteiger partial charge >= 0.3 is 11.9 Å². The smallest absolute Gasteiger partial charge is 0.349 e. The van der Waals surface area contributed by atoms with Crippen molar-refractivity contribution in [3.63, 3.8) is 0 Å². The van der Waals surface area contributed by atoms with Gasteiger partial charge in [-0.05, 0) is 35.6 Å². The molecule has 5 heteroatoms. The molecule has 1 aromatic heterocycles. The number of benzene rings is 1. The molecule has 0 radical (unpaired) electrons. The van der Waals surface area contributed by atoms with E-state index in [9.17, 15) is 9.59 Å². The van der Waals surface area contributed by atoms with Crippen molar-refractivity contribution >= 4 is 23.3 Å². The average molecular weight is 314 g/mol. The number of fused-ring (bicyclic) bond motifs is 3. The Kier molecular flexibility index (Phi) is 3.22. The average Bonchev–Trinajstić information content (AvgIpc) is 3.14. The molecule has 0 spiro atoms. The second-order valence-corrected chi connectivity index (χ2v) is 6.52. The highest BCUT2D eigenvalue weighted by molar-refractivity contribution is 7.17. The van der Waals surface area contributed by atoms with Gasteiger partial charge in [0.05, 0.1) is 6.61 Å². The van der Waals surface area contributed by atoms with E-state index in [2.05, 4.69) is 12.1 Å². The Labute approximate surface area is 131 Å². The van der Waals surface area contributed by atoms with E-state index >= 15 is 0 Å². The molecule has 2 aromatic rings. The zero-order valence-corrected chi connectivity index (χ0v) is 12.7. The van der Waals surface area contributed by atoms with Crippen LogP contribution in [0, 0.1) is 0 Å². The van der Waals surface area contributed by atoms with E-state index in [4.69, 9.17) is 9.47 Å². The van der Waals surface area contributed by atoms with Gasteiger partial charge in [-0.2, -0.15) is 0 Å². The molecule has 0 bridgehead atoms. The first-order valence-corrected chi connectivity index (χ1v) is 8.12. The van der Waals surface area contributed by atoms with Gasteiger partial charge in [0, 0.05) is 11.3 Å². The van der Waals surface area contributed by atoms with Gasteiger partial charge in [-0.3, -0.25) is 0 Å². The predicted molar refractivity (Wildman–Crippen MR) is 81.9 cm³/mol. The van der Waals surface area contributed by atoms with Gasteiger partial charge in [0.1, 0.15) is 4.88 Å². The van der Waals surface area contributed by atoms with Gasteiger partial charge in [0.25, 0.3) is 0 Å². The maximum Gasteiger partial charge on any atom is 0.349 e. The van der Waals surface area contributed by atoms with Crippen LogP contribution in [0.5, 0.6) is 0 Å². The third kappa shape index (κ3) is 2.22. The summed E-state index contributed by atoms with van der Waals surface area (Å²) in [5.41, 5.74) is 3.70. The van der Waals surface area contributed by atoms with Crippen molar-refractivity contribution in [2.24, 2.45) is 0 Å². The number of aryl methyl sites for hydroxylation is 2. The van der Waals surface area contributed by atoms with Crippen molar-refractivity contribution in [3.05, 3.63) is 46.3 Å². The summed E-state index contributed by atoms with van der Waals surface area (Å²) in [6.07, 6.45) is 1.61. The number of ether oxygens (including phenoxy) is 2. The number of hydrogen-bond acceptors (Lipinski definition) is 5. The molecule has 0 saturated carbocycles. The molecule has 4 rings (SSSR count). The molecule has 1 atom stereocenters. The molecule has 22 heavy (non-hydrogen) atoms. The van der Waals surface area contributed by atoms with Gasteiger partial charge in [-0.1, -0.05) is 24.3 Å². The van der Waals surface area contributed by atoms with Gasteiger partial charge in [0.15, 0.2) is 0 Å². The first-order chi connectivity index (χ1) is 10.7. The molecule has 2 aliphatic rings. The molecule has 0 N–H and O–H groups in total. The largest absolute Gasteiger partial charge is 0.463 e. The van der Waals surface area contributed by atoms with E-state index in [1.165, 1.54) is 28.0 Å². The zero-order chi connectivity index (χ0) is 15.1. The highest BCUT2D eigenvalue weighted by atomic mass is 32.1. The van der Waals surface area contributed by atoms with Crippen LogP contribution in [0.3, 0.4) is 0 Å². The van der Waals surface area contributed by atoms with Crippen LogP contribution in [0.25, 0.3) is 10.4 Å². The summed E-state index contributed by atoms with van der Waals surface area (Å²) in [6, 6.07) is 10.2. The van der Waals surface area contributed by atoms with Crippen LogP contribution < -0.4 is 0 Å². The van der Waals surface area contributed by atoms with Crippen molar-refractivity contribution in [2.75, 3.05) is 6.61 Å². The molecule has 1 aromatic carbocycles. The van der Waals surface area contributed by atoms with E-state index in [1.807, 2.05) is 18.2 Å². The molecule has 4 nitrogen and oxygen atoms in total. The number of carbonyl (C=O) groups is 2. The minimum absolute atomic E-state index is 0.324. The summed E-state index contributed by atoms with van der Waals surface area (Å²) < 4.78 is 10.1. The second kappa shape index (κ2) is 5.25. The molecule has 0 unspecified atom stereocenters. The van der Waals surface area contributed by atoms with Crippen molar-refractivity contribution < 1.29 is 19.1 Å². The molecule has 1 aliphatic heterocycles. The predicted octanol–water partition coefficient (Wildman–Crippen LogP) is 2.99. The van der Waals surface area contributed by atoms with E-state index < -0.39 is 18.0 Å². The summed E-state index contributed by atoms with van der Waals surface area (Å²) in [6.45, 7) is 0.324. The molecular formula is C17H14O4S. The van der Waals surface area contributed by atoms with Crippen LogP contribution in [-0.2, 0) is 27.1 Å². The Hall–Kier alpha value is -2.14. The fourth-order valence-corrected chi connectivity index (χ4v) is 4.10. The van der Waals surface area contributed by atoms with Crippen LogP contribution in [0.1, 0.15) is 27.2 Å². The van der Waals surface area contributed by atoms with Crippen LogP contribution in [-0.4, -0.2) is 24.6 Å². The Morgan fingerprint density at radius 3 is 2.86 bits per heavy atom. The molecule has 1 saturated heterocycles. The first kappa shape index (κ1) is 13.5. The Bertz CT molecular complexity index is 762. The van der Waals surface area contributed by atoms with Crippen LogP contribution in [0.4, 0.5) is 0 Å². The second-order valence-electron chi connectivity index (χ2n) is 5.47. The minimum Gasteiger partial charge on any atom is -0.463 e. The highest BCUT2D eigenvalue weighted by Gasteiger charge is 2.31. The summed E-state index contributed by atoms with van der Waals surface area (Å²) in [5.74, 6) is -0.874. The summed E-state index contributed by atoms with van der Waals surface area (Å²) in [7, 11) is 0. The van der Waals surface area contributed by atoms with Gasteiger partial charge in [-0.25, -0.2) is 9.59 Å². The number of thiophene rings is 1. The molecule has 1 fully saturated rings. The summed E-state index contributed by atoms with van der Waals surface area (Å²) in [5, 5.41) is 0. The van der Waals surface area contributed by atoms with E-state index in [-0.39, 0.29) is 0 Å². The van der Waals surface area contributed by atoms with Crippen LogP contribution >= 0.6 is 11.3 Å². The van der Waals surface area contributed by atoms with Gasteiger partial charge in [0.2, 0.25) is 6.10 Å². The van der Waals surface area contributed by atoms with E-state index in [0.717, 1.165) is 17.7 Å². The number of rotatable bonds is 2. The Morgan fingerprint density at radius 1 is 1.23 bits per heavy atom. The summed E-state index contributed by atoms with van der Waals surface area (Å²) in [4.78, 5) is 25.4. The third-order valence-electron chi connectivity index (χ3n) is 4.07. The van der Waals surface area contributed by atoms with Gasteiger partial charge in [-0.15, -0.1) is 11.3 Å². The number of esters is 2. The lowest BCUT2D eigenvalue weighted by Gasteiger charge is -2.15. The fraction of sp³-hybridized carbons (Fsp3) is 0.294. The molecule has 112 valence electrons. The zero-order valence-electron chi connectivity index (χ0n) is 11.8. The quantitative estimate of drug-likeness (QED) is 0.800. The molecule has 2 heterocycles. The monoisotopic (exact) mass is 314 g/mol. The van der Waals surface area contributed by atoms with E-state index in [1.54, 1.807) is 0 Å². The van der Waals surface area contributed by atoms with Crippen LogP contribution in [0.2, 0.25) is 0 Å². The molecular weight excluding hydrogens is 300 g/mol. The lowest BCUT2D eigenvalue weighted by Crippen LogP contribution is -2.22. The van der Waals surface area contributed by atoms with E-state index in [0.29, 0.717) is 17.9 Å². The number of hydrogen-bond donors (Lipinski definition) is 0. The van der Waals surface area contributed by atoms with Crippen LogP contribution in [0.15, 0.2) is 30.3 Å². The lowest BCUT2D eigenvalue weighted by molar-refractivity contribution is -0.145. The van der Waals surface area contributed by atoms with Crippen molar-refractivity contribution in [1.29, 1.82) is 0 Å². The maximum atomic E-state index is 12.3. The Balaban J connectivity index is 1.62. The highest BCUT2D eigenvalue weighted by Crippen LogP contribution is 2.39. The van der Waals surface area contributed by atoms with Gasteiger partial charge < -0.3 is 9.47 Å². The maximum absolute atomic E-state index is 12.3. The number of cyclic esters (lactones) is 1. The van der Waals surface area contributed by atoms with Crippen molar-refractivity contribution in [1.82, 2.24) is 0 Å². The third-order valence-corrected chi connectivity index (χ3v) is 5.26. The fourth-order valence-electron chi connectivity index (χ4n) is 2.94. The summed E-state index contributed by atoms with van der Waals surface area (Å²) >= 11 is 1.44. The topological polar surface area (TPSA) is 52.6 Å². The van der Waals surface area contributed by atoms with Crippen molar-refractivity contribution in [2.45, 2.75) is 25.4 Å². The lowest BCUT2D eigenvalue weighted by atomic mass is 9.91. The van der Waals surface area contributed by atoms with Crippen molar-refractivity contribution in [3.8, 4) is 10.4 Å². The standard InChI is InChI=1S/C17H14O4S/c18-16-13(7-8-20-16)21-17(19)14-9-11-6-5-10-3-1-2-4-12(10)15(11)22-14/h1-4,9,13H,5-8H2/t13-/m1/s1. The molecule has 0 amide bonds. The minimum atomic E-state index is -0.751. The normalized spacial score (nSPS) is 19.3. The number of carbonyl (C=O) groups excluding carboxylic acids is 2. The SMILES string of the molecule is O=C(O[C@@H]1CCOC1=O)c1cc2c(s1)-c1ccccc1CC2. The Morgan fingerprint density at radius 2 is 2.05 bits per heavy atom. The first-order valence-electron chi connectivity index (χ1n) is 7.31. The molecule has 1 aliphatic carbocycles.